The van der Waals surface area contributed by atoms with Gasteiger partial charge in [0.25, 0.3) is 0 Å². The van der Waals surface area contributed by atoms with Crippen LogP contribution in [-0.2, 0) is 17.8 Å². The first-order valence-electron chi connectivity index (χ1n) is 6.88. The molecule has 0 bridgehead atoms. The van der Waals surface area contributed by atoms with Crippen LogP contribution in [-0.4, -0.2) is 11.1 Å². The second-order valence-corrected chi connectivity index (χ2v) is 4.83. The van der Waals surface area contributed by atoms with E-state index in [-0.39, 0.29) is 13.0 Å². The van der Waals surface area contributed by atoms with Gasteiger partial charge in [0.1, 0.15) is 6.54 Å². The summed E-state index contributed by atoms with van der Waals surface area (Å²) in [6.45, 7) is 0.166. The number of nitrogens with zero attached hydrogens (tertiary/aromatic N) is 1. The first kappa shape index (κ1) is 15.5. The number of aryl methyl sites for hydroxylation is 1. The van der Waals surface area contributed by atoms with Gasteiger partial charge in [0.2, 0.25) is 0 Å². The van der Waals surface area contributed by atoms with Crippen molar-refractivity contribution in [3.63, 3.8) is 0 Å². The first-order chi connectivity index (χ1) is 10.7. The van der Waals surface area contributed by atoms with Crippen molar-refractivity contribution < 1.29 is 9.90 Å². The Hall–Kier alpha value is -2.93. The van der Waals surface area contributed by atoms with Crippen LogP contribution in [0.25, 0.3) is 0 Å². The SMILES string of the molecule is O=NCc1ccc(C#Cc2cccc(CCC(=O)O)c2)cc1. The molecule has 0 radical (unpaired) electrons. The summed E-state index contributed by atoms with van der Waals surface area (Å²) >= 11 is 0. The molecule has 0 spiro atoms. The summed E-state index contributed by atoms with van der Waals surface area (Å²) in [5.41, 5.74) is 3.52. The van der Waals surface area contributed by atoms with Crippen LogP contribution in [0.3, 0.4) is 0 Å². The van der Waals surface area contributed by atoms with Crippen LogP contribution in [0.1, 0.15) is 28.7 Å². The van der Waals surface area contributed by atoms with Crippen molar-refractivity contribution in [3.05, 3.63) is 75.7 Å². The van der Waals surface area contributed by atoms with Crippen molar-refractivity contribution in [2.45, 2.75) is 19.4 Å². The third kappa shape index (κ3) is 4.88. The van der Waals surface area contributed by atoms with E-state index in [0.29, 0.717) is 6.42 Å². The fraction of sp³-hybridized carbons (Fsp3) is 0.167. The largest absolute Gasteiger partial charge is 0.481 e. The second kappa shape index (κ2) is 7.75. The van der Waals surface area contributed by atoms with Gasteiger partial charge in [-0.15, -0.1) is 0 Å². The molecule has 0 saturated heterocycles. The molecule has 0 heterocycles. The van der Waals surface area contributed by atoms with Gasteiger partial charge in [0.05, 0.1) is 0 Å². The number of carboxylic acids is 1. The Morgan fingerprint density at radius 2 is 1.73 bits per heavy atom. The third-order valence-corrected chi connectivity index (χ3v) is 3.11. The smallest absolute Gasteiger partial charge is 0.303 e. The number of rotatable bonds is 5. The molecule has 4 nitrogen and oxygen atoms in total. The fourth-order valence-electron chi connectivity index (χ4n) is 1.97. The molecule has 4 heteroatoms. The van der Waals surface area contributed by atoms with E-state index in [1.807, 2.05) is 48.5 Å². The quantitative estimate of drug-likeness (QED) is 0.679. The summed E-state index contributed by atoms with van der Waals surface area (Å²) in [7, 11) is 0. The maximum atomic E-state index is 10.6. The lowest BCUT2D eigenvalue weighted by atomic mass is 10.1. The zero-order chi connectivity index (χ0) is 15.8. The van der Waals surface area contributed by atoms with Gasteiger partial charge in [-0.3, -0.25) is 4.79 Å². The van der Waals surface area contributed by atoms with Crippen LogP contribution in [0, 0.1) is 16.7 Å². The maximum Gasteiger partial charge on any atom is 0.303 e. The van der Waals surface area contributed by atoms with Crippen LogP contribution in [0.2, 0.25) is 0 Å². The summed E-state index contributed by atoms with van der Waals surface area (Å²) < 4.78 is 0. The third-order valence-electron chi connectivity index (χ3n) is 3.11. The molecule has 2 aromatic rings. The molecule has 110 valence electrons. The fourth-order valence-corrected chi connectivity index (χ4v) is 1.97. The highest BCUT2D eigenvalue weighted by molar-refractivity contribution is 5.67. The number of aliphatic carboxylic acids is 1. The lowest BCUT2D eigenvalue weighted by Gasteiger charge is -1.99. The predicted octanol–water partition coefficient (Wildman–Crippen LogP) is 3.37. The van der Waals surface area contributed by atoms with Gasteiger partial charge in [-0.2, -0.15) is 4.91 Å². The summed E-state index contributed by atoms with van der Waals surface area (Å²) in [5.74, 6) is 5.30. The Bertz CT molecular complexity index is 724. The molecule has 0 aromatic heterocycles. The lowest BCUT2D eigenvalue weighted by Crippen LogP contribution is -1.97. The minimum Gasteiger partial charge on any atom is -0.481 e. The summed E-state index contributed by atoms with van der Waals surface area (Å²) in [6.07, 6.45) is 0.612. The molecule has 0 unspecified atom stereocenters. The van der Waals surface area contributed by atoms with E-state index in [0.717, 1.165) is 22.3 Å². The van der Waals surface area contributed by atoms with E-state index in [1.54, 1.807) is 0 Å². The molecule has 0 aliphatic carbocycles. The van der Waals surface area contributed by atoms with Gasteiger partial charge in [0, 0.05) is 17.5 Å². The van der Waals surface area contributed by atoms with E-state index >= 15 is 0 Å². The maximum absolute atomic E-state index is 10.6. The van der Waals surface area contributed by atoms with Crippen molar-refractivity contribution in [2.75, 3.05) is 0 Å². The van der Waals surface area contributed by atoms with Gasteiger partial charge >= 0.3 is 5.97 Å². The standard InChI is InChI=1S/C18H15NO3/c20-18(21)11-10-16-3-1-2-15(12-16)7-4-14-5-8-17(9-6-14)13-19-22/h1-3,5-6,8-9,12H,10-11,13H2,(H,20,21). The summed E-state index contributed by atoms with van der Waals surface area (Å²) in [5, 5.41) is 11.5. The number of hydrogen-bond acceptors (Lipinski definition) is 3. The van der Waals surface area contributed by atoms with Gasteiger partial charge in [-0.05, 0) is 41.8 Å². The Kier molecular flexibility index (Phi) is 5.44. The predicted molar refractivity (Wildman–Crippen MR) is 84.3 cm³/mol. The molecule has 0 aliphatic rings. The van der Waals surface area contributed by atoms with Crippen molar-refractivity contribution in [1.82, 2.24) is 0 Å². The lowest BCUT2D eigenvalue weighted by molar-refractivity contribution is -0.136. The van der Waals surface area contributed by atoms with Crippen molar-refractivity contribution in [3.8, 4) is 11.8 Å². The zero-order valence-electron chi connectivity index (χ0n) is 12.0. The molecule has 0 saturated carbocycles. The van der Waals surface area contributed by atoms with Crippen LogP contribution < -0.4 is 0 Å². The highest BCUT2D eigenvalue weighted by Crippen LogP contribution is 2.08. The Morgan fingerprint density at radius 1 is 1.00 bits per heavy atom. The number of carbonyl (C=O) groups is 1. The number of nitroso groups, excluding NO2 is 1. The van der Waals surface area contributed by atoms with E-state index in [4.69, 9.17) is 5.11 Å². The van der Waals surface area contributed by atoms with E-state index in [1.165, 1.54) is 0 Å². The molecule has 0 atom stereocenters. The highest BCUT2D eigenvalue weighted by atomic mass is 16.4. The molecule has 2 aromatic carbocycles. The highest BCUT2D eigenvalue weighted by Gasteiger charge is 1.99. The number of hydrogen-bond donors (Lipinski definition) is 1. The second-order valence-electron chi connectivity index (χ2n) is 4.83. The Balaban J connectivity index is 2.08. The summed E-state index contributed by atoms with van der Waals surface area (Å²) in [4.78, 5) is 20.8. The van der Waals surface area contributed by atoms with Gasteiger partial charge in [-0.25, -0.2) is 0 Å². The average molecular weight is 293 g/mol. The first-order valence-corrected chi connectivity index (χ1v) is 6.88. The molecular formula is C18H15NO3. The molecular weight excluding hydrogens is 278 g/mol. The van der Waals surface area contributed by atoms with Crippen molar-refractivity contribution in [1.29, 1.82) is 0 Å². The van der Waals surface area contributed by atoms with Gasteiger partial charge in [0.15, 0.2) is 0 Å². The van der Waals surface area contributed by atoms with Crippen LogP contribution >= 0.6 is 0 Å². The molecule has 0 fully saturated rings. The number of carboxylic acid groups (broad SMARTS) is 1. The van der Waals surface area contributed by atoms with Crippen LogP contribution in [0.5, 0.6) is 0 Å². The van der Waals surface area contributed by atoms with Gasteiger partial charge < -0.3 is 5.11 Å². The summed E-state index contributed by atoms with van der Waals surface area (Å²) in [6, 6.07) is 14.9. The topological polar surface area (TPSA) is 66.7 Å². The minimum atomic E-state index is -0.804. The minimum absolute atomic E-state index is 0.114. The van der Waals surface area contributed by atoms with Crippen molar-refractivity contribution >= 4 is 5.97 Å². The number of benzene rings is 2. The van der Waals surface area contributed by atoms with Crippen LogP contribution in [0.4, 0.5) is 0 Å². The van der Waals surface area contributed by atoms with E-state index in [2.05, 4.69) is 17.0 Å². The molecule has 0 aliphatic heterocycles. The van der Waals surface area contributed by atoms with Gasteiger partial charge in [-0.1, -0.05) is 41.3 Å². The van der Waals surface area contributed by atoms with E-state index in [9.17, 15) is 9.70 Å². The monoisotopic (exact) mass is 293 g/mol. The average Bonchev–Trinajstić information content (AvgIpc) is 2.53. The normalized spacial score (nSPS) is 9.64. The van der Waals surface area contributed by atoms with E-state index < -0.39 is 5.97 Å². The Labute approximate surface area is 128 Å². The molecule has 2 rings (SSSR count). The van der Waals surface area contributed by atoms with Crippen molar-refractivity contribution in [2.24, 2.45) is 5.18 Å². The molecule has 0 amide bonds. The zero-order valence-corrected chi connectivity index (χ0v) is 12.0. The Morgan fingerprint density at radius 3 is 2.41 bits per heavy atom. The molecule has 1 N–H and O–H groups in total. The van der Waals surface area contributed by atoms with Crippen LogP contribution in [0.15, 0.2) is 53.7 Å². The molecule has 22 heavy (non-hydrogen) atoms.